The van der Waals surface area contributed by atoms with Gasteiger partial charge in [0, 0.05) is 18.8 Å². The molecular weight excluding hydrogens is 192 g/mol. The third-order valence-corrected chi connectivity index (χ3v) is 2.23. The van der Waals surface area contributed by atoms with Crippen molar-refractivity contribution in [3.63, 3.8) is 0 Å². The lowest BCUT2D eigenvalue weighted by molar-refractivity contribution is 0.302. The summed E-state index contributed by atoms with van der Waals surface area (Å²) in [5.74, 6) is 0. The molecule has 0 aromatic heterocycles. The number of hydrogen-bond donors (Lipinski definition) is 1. The summed E-state index contributed by atoms with van der Waals surface area (Å²) >= 11 is 0. The fraction of sp³-hybridized carbons (Fsp3) is 0.455. The molecule has 4 heteroatoms. The topological polar surface area (TPSA) is 52.9 Å². The van der Waals surface area contributed by atoms with Gasteiger partial charge in [0.05, 0.1) is 13.2 Å². The quantitative estimate of drug-likeness (QED) is 0.722. The fourth-order valence-electron chi connectivity index (χ4n) is 1.41. The molecule has 1 N–H and O–H groups in total. The van der Waals surface area contributed by atoms with Crippen molar-refractivity contribution in [3.05, 3.63) is 34.7 Å². The van der Waals surface area contributed by atoms with Crippen LogP contribution in [-0.2, 0) is 0 Å². The Hall–Kier alpha value is -1.42. The first-order chi connectivity index (χ1) is 7.27. The molecule has 4 nitrogen and oxygen atoms in total. The van der Waals surface area contributed by atoms with Gasteiger partial charge in [0.2, 0.25) is 0 Å². The SMILES string of the molecule is Cc1ccc(N(CCO)CCN=O)cc1. The summed E-state index contributed by atoms with van der Waals surface area (Å²) in [6.45, 7) is 3.42. The molecule has 0 aliphatic carbocycles. The lowest BCUT2D eigenvalue weighted by Gasteiger charge is -2.22. The van der Waals surface area contributed by atoms with Crippen molar-refractivity contribution in [2.45, 2.75) is 6.92 Å². The molecule has 0 amide bonds. The van der Waals surface area contributed by atoms with E-state index in [-0.39, 0.29) is 13.2 Å². The van der Waals surface area contributed by atoms with E-state index in [1.165, 1.54) is 5.56 Å². The summed E-state index contributed by atoms with van der Waals surface area (Å²) in [5, 5.41) is 11.7. The number of aliphatic hydroxyl groups excluding tert-OH is 1. The fourth-order valence-corrected chi connectivity index (χ4v) is 1.41. The number of aliphatic hydroxyl groups is 1. The van der Waals surface area contributed by atoms with E-state index in [2.05, 4.69) is 5.18 Å². The first kappa shape index (κ1) is 11.7. The van der Waals surface area contributed by atoms with Gasteiger partial charge in [0.25, 0.3) is 0 Å². The van der Waals surface area contributed by atoms with Gasteiger partial charge in [-0.1, -0.05) is 22.9 Å². The zero-order valence-corrected chi connectivity index (χ0v) is 8.89. The highest BCUT2D eigenvalue weighted by Gasteiger charge is 2.04. The summed E-state index contributed by atoms with van der Waals surface area (Å²) < 4.78 is 0. The molecule has 82 valence electrons. The highest BCUT2D eigenvalue weighted by atomic mass is 16.3. The van der Waals surface area contributed by atoms with Crippen LogP contribution in [0.15, 0.2) is 29.4 Å². The maximum Gasteiger partial charge on any atom is 0.0986 e. The molecule has 1 aromatic carbocycles. The van der Waals surface area contributed by atoms with Crippen molar-refractivity contribution in [2.24, 2.45) is 5.18 Å². The van der Waals surface area contributed by atoms with Gasteiger partial charge in [0.15, 0.2) is 0 Å². The summed E-state index contributed by atoms with van der Waals surface area (Å²) in [6.07, 6.45) is 0. The van der Waals surface area contributed by atoms with E-state index in [9.17, 15) is 4.91 Å². The zero-order valence-electron chi connectivity index (χ0n) is 8.89. The number of nitroso groups, excluding NO2 is 1. The molecule has 0 radical (unpaired) electrons. The molecule has 0 unspecified atom stereocenters. The van der Waals surface area contributed by atoms with Gasteiger partial charge in [-0.2, -0.15) is 4.91 Å². The molecule has 0 saturated heterocycles. The van der Waals surface area contributed by atoms with Gasteiger partial charge in [-0.25, -0.2) is 0 Å². The molecule has 15 heavy (non-hydrogen) atoms. The summed E-state index contributed by atoms with van der Waals surface area (Å²) in [6, 6.07) is 7.98. The summed E-state index contributed by atoms with van der Waals surface area (Å²) in [4.78, 5) is 12.0. The number of benzene rings is 1. The van der Waals surface area contributed by atoms with Crippen LogP contribution < -0.4 is 4.90 Å². The summed E-state index contributed by atoms with van der Waals surface area (Å²) in [7, 11) is 0. The Kier molecular flexibility index (Phi) is 4.77. The van der Waals surface area contributed by atoms with Crippen LogP contribution in [0.25, 0.3) is 0 Å². The molecule has 0 aliphatic rings. The second-order valence-corrected chi connectivity index (χ2v) is 3.40. The molecule has 0 heterocycles. The van der Waals surface area contributed by atoms with Crippen molar-refractivity contribution < 1.29 is 5.11 Å². The van der Waals surface area contributed by atoms with Crippen LogP contribution in [0.3, 0.4) is 0 Å². The van der Waals surface area contributed by atoms with Gasteiger partial charge in [-0.15, -0.1) is 0 Å². The van der Waals surface area contributed by atoms with E-state index in [1.54, 1.807) is 0 Å². The van der Waals surface area contributed by atoms with Gasteiger partial charge < -0.3 is 10.0 Å². The maximum atomic E-state index is 10.1. The van der Waals surface area contributed by atoms with Crippen LogP contribution >= 0.6 is 0 Å². The van der Waals surface area contributed by atoms with E-state index in [0.29, 0.717) is 13.1 Å². The van der Waals surface area contributed by atoms with Crippen molar-refractivity contribution in [3.8, 4) is 0 Å². The highest BCUT2D eigenvalue weighted by molar-refractivity contribution is 5.47. The molecule has 1 aromatic rings. The summed E-state index contributed by atoms with van der Waals surface area (Å²) in [5.41, 5.74) is 2.20. The second kappa shape index (κ2) is 6.14. The molecule has 0 atom stereocenters. The van der Waals surface area contributed by atoms with E-state index in [4.69, 9.17) is 5.11 Å². The number of rotatable bonds is 6. The zero-order chi connectivity index (χ0) is 11.1. The van der Waals surface area contributed by atoms with E-state index in [0.717, 1.165) is 5.69 Å². The Balaban J connectivity index is 2.69. The monoisotopic (exact) mass is 208 g/mol. The van der Waals surface area contributed by atoms with Gasteiger partial charge in [-0.05, 0) is 19.1 Å². The molecule has 0 spiro atoms. The molecule has 0 fully saturated rings. The van der Waals surface area contributed by atoms with Crippen LogP contribution in [0.2, 0.25) is 0 Å². The minimum absolute atomic E-state index is 0.0761. The van der Waals surface area contributed by atoms with E-state index >= 15 is 0 Å². The standard InChI is InChI=1S/C11H16N2O2/c1-10-2-4-11(5-3-10)13(8-9-14)7-6-12-15/h2-5,14H,6-9H2,1H3. The van der Waals surface area contributed by atoms with Crippen molar-refractivity contribution >= 4 is 5.69 Å². The van der Waals surface area contributed by atoms with E-state index in [1.807, 2.05) is 36.1 Å². The van der Waals surface area contributed by atoms with Crippen LogP contribution in [0.5, 0.6) is 0 Å². The highest BCUT2D eigenvalue weighted by Crippen LogP contribution is 2.14. The molecular formula is C11H16N2O2. The number of nitrogens with zero attached hydrogens (tertiary/aromatic N) is 2. The first-order valence-corrected chi connectivity index (χ1v) is 4.99. The van der Waals surface area contributed by atoms with Crippen LogP contribution in [0, 0.1) is 11.8 Å². The average Bonchev–Trinajstić information content (AvgIpc) is 2.25. The average molecular weight is 208 g/mol. The predicted molar refractivity (Wildman–Crippen MR) is 61.1 cm³/mol. The van der Waals surface area contributed by atoms with Crippen LogP contribution in [0.1, 0.15) is 5.56 Å². The Morgan fingerprint density at radius 1 is 1.27 bits per heavy atom. The van der Waals surface area contributed by atoms with Crippen LogP contribution in [-0.4, -0.2) is 31.3 Å². The first-order valence-electron chi connectivity index (χ1n) is 4.99. The number of anilines is 1. The largest absolute Gasteiger partial charge is 0.395 e. The molecule has 0 aliphatic heterocycles. The van der Waals surface area contributed by atoms with Gasteiger partial charge in [0.1, 0.15) is 0 Å². The minimum atomic E-state index is 0.0761. The Morgan fingerprint density at radius 2 is 1.93 bits per heavy atom. The van der Waals surface area contributed by atoms with Crippen molar-refractivity contribution in [1.82, 2.24) is 0 Å². The van der Waals surface area contributed by atoms with Crippen molar-refractivity contribution in [1.29, 1.82) is 0 Å². The van der Waals surface area contributed by atoms with Gasteiger partial charge >= 0.3 is 0 Å². The number of aryl methyl sites for hydroxylation is 1. The van der Waals surface area contributed by atoms with Crippen molar-refractivity contribution in [2.75, 3.05) is 31.1 Å². The Bertz CT molecular complexity index is 298. The second-order valence-electron chi connectivity index (χ2n) is 3.40. The Labute approximate surface area is 89.5 Å². The normalized spacial score (nSPS) is 10.0. The third-order valence-electron chi connectivity index (χ3n) is 2.23. The van der Waals surface area contributed by atoms with Gasteiger partial charge in [-0.3, -0.25) is 0 Å². The smallest absolute Gasteiger partial charge is 0.0986 e. The molecule has 0 bridgehead atoms. The number of hydrogen-bond acceptors (Lipinski definition) is 4. The third kappa shape index (κ3) is 3.67. The van der Waals surface area contributed by atoms with Crippen LogP contribution in [0.4, 0.5) is 5.69 Å². The minimum Gasteiger partial charge on any atom is -0.395 e. The Morgan fingerprint density at radius 3 is 2.47 bits per heavy atom. The van der Waals surface area contributed by atoms with E-state index < -0.39 is 0 Å². The molecule has 0 saturated carbocycles. The maximum absolute atomic E-state index is 10.1. The molecule has 1 rings (SSSR count). The predicted octanol–water partition coefficient (Wildman–Crippen LogP) is 1.56. The lowest BCUT2D eigenvalue weighted by Crippen LogP contribution is -2.29. The lowest BCUT2D eigenvalue weighted by atomic mass is 10.2.